The predicted octanol–water partition coefficient (Wildman–Crippen LogP) is 1.07. The van der Waals surface area contributed by atoms with E-state index in [-0.39, 0.29) is 37.2 Å². The van der Waals surface area contributed by atoms with Crippen LogP contribution in [0, 0.1) is 6.92 Å². The summed E-state index contributed by atoms with van der Waals surface area (Å²) in [5.74, 6) is 0. The van der Waals surface area contributed by atoms with Crippen LogP contribution in [0.15, 0.2) is 29.2 Å². The zero-order valence-electron chi connectivity index (χ0n) is 11.7. The molecule has 0 aromatic heterocycles. The lowest BCUT2D eigenvalue weighted by molar-refractivity contribution is -0.146. The largest absolute Gasteiger partial charge is 0.373 e. The van der Waals surface area contributed by atoms with Crippen LogP contribution in [0.1, 0.15) is 12.0 Å². The second-order valence-electron chi connectivity index (χ2n) is 4.86. The summed E-state index contributed by atoms with van der Waals surface area (Å²) in [5.41, 5.74) is 0.971. The quantitative estimate of drug-likeness (QED) is 0.577. The summed E-state index contributed by atoms with van der Waals surface area (Å²) >= 11 is 0. The number of aldehydes is 1. The van der Waals surface area contributed by atoms with Crippen LogP contribution < -0.4 is 0 Å². The van der Waals surface area contributed by atoms with Crippen molar-refractivity contribution in [2.75, 3.05) is 19.8 Å². The summed E-state index contributed by atoms with van der Waals surface area (Å²) in [6.45, 7) is 2.24. The van der Waals surface area contributed by atoms with Gasteiger partial charge < -0.3 is 14.3 Å². The molecule has 1 saturated heterocycles. The molecule has 2 rings (SSSR count). The van der Waals surface area contributed by atoms with E-state index < -0.39 is 16.2 Å². The van der Waals surface area contributed by atoms with Crippen molar-refractivity contribution < 1.29 is 26.9 Å². The Bertz CT molecular complexity index is 558. The van der Waals surface area contributed by atoms with E-state index in [1.165, 1.54) is 12.1 Å². The number of hydrogen-bond donors (Lipinski definition) is 0. The molecule has 1 fully saturated rings. The fraction of sp³-hybridized carbons (Fsp3) is 0.500. The molecule has 0 unspecified atom stereocenters. The number of aryl methyl sites for hydroxylation is 1. The lowest BCUT2D eigenvalue weighted by Crippen LogP contribution is -2.38. The molecule has 0 saturated carbocycles. The van der Waals surface area contributed by atoms with Crippen molar-refractivity contribution in [3.8, 4) is 0 Å². The zero-order chi connectivity index (χ0) is 15.3. The van der Waals surface area contributed by atoms with Crippen molar-refractivity contribution in [1.82, 2.24) is 0 Å². The molecule has 1 heterocycles. The number of hydrogen-bond acceptors (Lipinski definition) is 6. The van der Waals surface area contributed by atoms with Crippen molar-refractivity contribution in [3.05, 3.63) is 29.8 Å². The topological polar surface area (TPSA) is 78.9 Å². The van der Waals surface area contributed by atoms with Crippen LogP contribution in [-0.4, -0.2) is 46.7 Å². The van der Waals surface area contributed by atoms with Crippen LogP contribution >= 0.6 is 0 Å². The van der Waals surface area contributed by atoms with Gasteiger partial charge >= 0.3 is 0 Å². The van der Waals surface area contributed by atoms with Crippen LogP contribution in [0.5, 0.6) is 0 Å². The summed E-state index contributed by atoms with van der Waals surface area (Å²) in [6.07, 6.45) is 0.336. The Labute approximate surface area is 124 Å². The maximum atomic E-state index is 12.0. The monoisotopic (exact) mass is 314 g/mol. The molecular formula is C14H18O6S. The molecule has 0 aliphatic carbocycles. The van der Waals surface area contributed by atoms with Crippen LogP contribution in [-0.2, 0) is 28.6 Å². The second kappa shape index (κ2) is 7.13. The van der Waals surface area contributed by atoms with E-state index in [0.717, 1.165) is 11.8 Å². The number of carbonyl (C=O) groups excluding carboxylic acids is 1. The van der Waals surface area contributed by atoms with Gasteiger partial charge in [0.15, 0.2) is 0 Å². The van der Waals surface area contributed by atoms with Crippen molar-refractivity contribution in [2.45, 2.75) is 30.4 Å². The molecule has 1 aromatic carbocycles. The van der Waals surface area contributed by atoms with E-state index in [9.17, 15) is 13.2 Å². The maximum absolute atomic E-state index is 12.0. The van der Waals surface area contributed by atoms with E-state index in [0.29, 0.717) is 0 Å². The minimum atomic E-state index is -3.79. The molecule has 1 aliphatic heterocycles. The van der Waals surface area contributed by atoms with Crippen LogP contribution in [0.3, 0.4) is 0 Å². The Morgan fingerprint density at radius 1 is 1.19 bits per heavy atom. The number of rotatable bonds is 6. The van der Waals surface area contributed by atoms with Gasteiger partial charge in [-0.1, -0.05) is 17.7 Å². The molecule has 0 spiro atoms. The number of ether oxygens (including phenoxy) is 2. The molecule has 2 atom stereocenters. The van der Waals surface area contributed by atoms with Crippen molar-refractivity contribution >= 4 is 16.4 Å². The smallest absolute Gasteiger partial charge is 0.297 e. The summed E-state index contributed by atoms with van der Waals surface area (Å²) in [6, 6.07) is 6.42. The Morgan fingerprint density at radius 3 is 2.38 bits per heavy atom. The van der Waals surface area contributed by atoms with Gasteiger partial charge in [0.25, 0.3) is 10.1 Å². The Balaban J connectivity index is 1.85. The van der Waals surface area contributed by atoms with Gasteiger partial charge in [-0.3, -0.25) is 4.18 Å². The molecule has 7 heteroatoms. The zero-order valence-corrected chi connectivity index (χ0v) is 12.5. The molecule has 1 aliphatic rings. The maximum Gasteiger partial charge on any atom is 0.297 e. The molecule has 0 amide bonds. The average Bonchev–Trinajstić information content (AvgIpc) is 2.47. The molecule has 0 bridgehead atoms. The van der Waals surface area contributed by atoms with Crippen molar-refractivity contribution in [3.63, 3.8) is 0 Å². The summed E-state index contributed by atoms with van der Waals surface area (Å²) in [7, 11) is -3.79. The van der Waals surface area contributed by atoms with Gasteiger partial charge in [-0.25, -0.2) is 0 Å². The Morgan fingerprint density at radius 2 is 1.81 bits per heavy atom. The first-order valence-electron chi connectivity index (χ1n) is 6.64. The van der Waals surface area contributed by atoms with Crippen LogP contribution in [0.25, 0.3) is 0 Å². The average molecular weight is 314 g/mol. The molecule has 6 nitrogen and oxygen atoms in total. The standard InChI is InChI=1S/C14H18O6S/c1-11-2-4-14(5-3-11)21(16,17)20-10-13-9-18-12(6-7-15)8-19-13/h2-5,7,12-13H,6,8-10H2,1H3/t12-,13-/m0/s1. The van der Waals surface area contributed by atoms with Gasteiger partial charge in [-0.05, 0) is 19.1 Å². The first-order chi connectivity index (χ1) is 10.0. The molecule has 0 N–H and O–H groups in total. The Hall–Kier alpha value is -1.28. The van der Waals surface area contributed by atoms with E-state index in [4.69, 9.17) is 13.7 Å². The van der Waals surface area contributed by atoms with Crippen LogP contribution in [0.4, 0.5) is 0 Å². The summed E-state index contributed by atoms with van der Waals surface area (Å²) in [4.78, 5) is 10.5. The lowest BCUT2D eigenvalue weighted by atomic mass is 10.2. The normalized spacial score (nSPS) is 22.9. The third-order valence-electron chi connectivity index (χ3n) is 3.11. The van der Waals surface area contributed by atoms with E-state index in [2.05, 4.69) is 0 Å². The highest BCUT2D eigenvalue weighted by molar-refractivity contribution is 7.86. The van der Waals surface area contributed by atoms with Gasteiger partial charge in [0.05, 0.1) is 30.8 Å². The minimum Gasteiger partial charge on any atom is -0.373 e. The molecule has 116 valence electrons. The van der Waals surface area contributed by atoms with E-state index >= 15 is 0 Å². The third-order valence-corrected chi connectivity index (χ3v) is 4.41. The molecule has 1 aromatic rings. The van der Waals surface area contributed by atoms with Gasteiger partial charge in [-0.2, -0.15) is 8.42 Å². The fourth-order valence-electron chi connectivity index (χ4n) is 1.86. The first kappa shape index (κ1) is 16.1. The predicted molar refractivity (Wildman–Crippen MR) is 74.5 cm³/mol. The van der Waals surface area contributed by atoms with Crippen molar-refractivity contribution in [2.24, 2.45) is 0 Å². The fourth-order valence-corrected chi connectivity index (χ4v) is 2.80. The molecule has 21 heavy (non-hydrogen) atoms. The first-order valence-corrected chi connectivity index (χ1v) is 8.05. The highest BCUT2D eigenvalue weighted by Crippen LogP contribution is 2.15. The van der Waals surface area contributed by atoms with E-state index in [1.54, 1.807) is 12.1 Å². The molecule has 0 radical (unpaired) electrons. The minimum absolute atomic E-state index is 0.107. The van der Waals surface area contributed by atoms with Gasteiger partial charge in [0.1, 0.15) is 12.4 Å². The Kier molecular flexibility index (Phi) is 5.46. The van der Waals surface area contributed by atoms with Gasteiger partial charge in [0, 0.05) is 6.42 Å². The van der Waals surface area contributed by atoms with Crippen LogP contribution in [0.2, 0.25) is 0 Å². The van der Waals surface area contributed by atoms with Gasteiger partial charge in [-0.15, -0.1) is 0 Å². The number of carbonyl (C=O) groups is 1. The third kappa shape index (κ3) is 4.60. The highest BCUT2D eigenvalue weighted by atomic mass is 32.2. The highest BCUT2D eigenvalue weighted by Gasteiger charge is 2.24. The van der Waals surface area contributed by atoms with E-state index in [1.807, 2.05) is 6.92 Å². The second-order valence-corrected chi connectivity index (χ2v) is 6.48. The molecular weight excluding hydrogens is 296 g/mol. The summed E-state index contributed by atoms with van der Waals surface area (Å²) < 4.78 is 39.8. The number of benzene rings is 1. The summed E-state index contributed by atoms with van der Waals surface area (Å²) in [5, 5.41) is 0. The van der Waals surface area contributed by atoms with Gasteiger partial charge in [0.2, 0.25) is 0 Å². The SMILES string of the molecule is Cc1ccc(S(=O)(=O)OC[C@@H]2CO[C@@H](CC=O)CO2)cc1. The van der Waals surface area contributed by atoms with Crippen molar-refractivity contribution in [1.29, 1.82) is 0 Å². The lowest BCUT2D eigenvalue weighted by Gasteiger charge is -2.28.